The Morgan fingerprint density at radius 2 is 1.61 bits per heavy atom. The average molecular weight is 316 g/mol. The summed E-state index contributed by atoms with van der Waals surface area (Å²) in [4.78, 5) is 13.3. The van der Waals surface area contributed by atoms with Crippen LogP contribution in [0.2, 0.25) is 0 Å². The van der Waals surface area contributed by atoms with Gasteiger partial charge in [-0.2, -0.15) is 0 Å². The maximum absolute atomic E-state index is 10.9. The minimum Gasteiger partial charge on any atom is -0.481 e. The lowest BCUT2D eigenvalue weighted by atomic mass is 10.1. The Hall–Kier alpha value is -2.08. The second-order valence-electron chi connectivity index (χ2n) is 6.16. The molecule has 2 heterocycles. The summed E-state index contributed by atoms with van der Waals surface area (Å²) < 4.78 is 3.81. The molecule has 3 rings (SSSR count). The summed E-state index contributed by atoms with van der Waals surface area (Å²) in [6, 6.07) is 7.89. The number of imidazole rings is 1. The minimum absolute atomic E-state index is 0.0384. The number of para-hydroxylation sites is 2. The van der Waals surface area contributed by atoms with E-state index in [9.17, 15) is 4.79 Å². The van der Waals surface area contributed by atoms with E-state index in [1.165, 1.54) is 19.3 Å². The van der Waals surface area contributed by atoms with E-state index in [-0.39, 0.29) is 6.42 Å². The first-order valence-corrected chi connectivity index (χ1v) is 8.33. The van der Waals surface area contributed by atoms with Gasteiger partial charge in [-0.05, 0) is 38.1 Å². The van der Waals surface area contributed by atoms with Crippen molar-refractivity contribution >= 4 is 17.0 Å². The lowest BCUT2D eigenvalue weighted by Crippen LogP contribution is -2.35. The fourth-order valence-electron chi connectivity index (χ4n) is 3.38. The molecule has 1 fully saturated rings. The predicted molar refractivity (Wildman–Crippen MR) is 88.3 cm³/mol. The second-order valence-corrected chi connectivity index (χ2v) is 6.16. The van der Waals surface area contributed by atoms with Crippen molar-refractivity contribution in [3.63, 3.8) is 0 Å². The van der Waals surface area contributed by atoms with Crippen molar-refractivity contribution in [1.29, 1.82) is 5.41 Å². The molecular formula is C17H24N4O2. The number of aromatic nitrogens is 2. The first-order chi connectivity index (χ1) is 11.2. The summed E-state index contributed by atoms with van der Waals surface area (Å²) in [5, 5.41) is 17.4. The molecule has 0 aliphatic carbocycles. The van der Waals surface area contributed by atoms with Crippen LogP contribution in [0.15, 0.2) is 24.3 Å². The molecule has 0 bridgehead atoms. The third kappa shape index (κ3) is 3.47. The smallest absolute Gasteiger partial charge is 0.305 e. The number of hydrogen-bond donors (Lipinski definition) is 2. The number of piperidine rings is 1. The van der Waals surface area contributed by atoms with Crippen LogP contribution in [0.25, 0.3) is 11.0 Å². The monoisotopic (exact) mass is 316 g/mol. The molecule has 0 radical (unpaired) electrons. The van der Waals surface area contributed by atoms with Crippen LogP contribution in [-0.4, -0.2) is 44.7 Å². The lowest BCUT2D eigenvalue weighted by molar-refractivity contribution is -0.137. The molecular weight excluding hydrogens is 292 g/mol. The quantitative estimate of drug-likeness (QED) is 0.854. The van der Waals surface area contributed by atoms with Gasteiger partial charge in [0.05, 0.1) is 17.5 Å². The van der Waals surface area contributed by atoms with Crippen LogP contribution in [0.4, 0.5) is 0 Å². The van der Waals surface area contributed by atoms with Crippen molar-refractivity contribution in [3.8, 4) is 0 Å². The number of carbonyl (C=O) groups is 1. The zero-order valence-corrected chi connectivity index (χ0v) is 13.4. The summed E-state index contributed by atoms with van der Waals surface area (Å²) >= 11 is 0. The molecule has 1 aromatic carbocycles. The van der Waals surface area contributed by atoms with E-state index in [1.54, 1.807) is 4.57 Å². The molecule has 1 aromatic heterocycles. The average Bonchev–Trinajstić information content (AvgIpc) is 2.83. The first kappa shape index (κ1) is 15.8. The lowest BCUT2D eigenvalue weighted by Gasteiger charge is -2.26. The Bertz CT molecular complexity index is 741. The van der Waals surface area contributed by atoms with Gasteiger partial charge in [-0.15, -0.1) is 0 Å². The molecule has 1 aliphatic heterocycles. The molecule has 1 saturated heterocycles. The van der Waals surface area contributed by atoms with Gasteiger partial charge in [-0.25, -0.2) is 0 Å². The van der Waals surface area contributed by atoms with E-state index >= 15 is 0 Å². The molecule has 2 aromatic rings. The minimum atomic E-state index is -0.831. The third-order valence-corrected chi connectivity index (χ3v) is 4.61. The van der Waals surface area contributed by atoms with Gasteiger partial charge in [0.1, 0.15) is 0 Å². The van der Waals surface area contributed by atoms with Crippen LogP contribution < -0.4 is 5.62 Å². The number of hydrogen-bond acceptors (Lipinski definition) is 3. The molecule has 23 heavy (non-hydrogen) atoms. The van der Waals surface area contributed by atoms with Crippen LogP contribution in [0.1, 0.15) is 25.7 Å². The number of carboxylic acids is 1. The fourth-order valence-corrected chi connectivity index (χ4v) is 3.38. The molecule has 0 spiro atoms. The summed E-state index contributed by atoms with van der Waals surface area (Å²) in [6.45, 7) is 4.35. The third-order valence-electron chi connectivity index (χ3n) is 4.61. The topological polar surface area (TPSA) is 74.2 Å². The van der Waals surface area contributed by atoms with Gasteiger partial charge >= 0.3 is 5.97 Å². The Balaban J connectivity index is 1.85. The summed E-state index contributed by atoms with van der Waals surface area (Å²) in [6.07, 6.45) is 3.88. The highest BCUT2D eigenvalue weighted by molar-refractivity contribution is 5.76. The van der Waals surface area contributed by atoms with Crippen molar-refractivity contribution in [2.75, 3.05) is 19.6 Å². The number of carboxylic acid groups (broad SMARTS) is 1. The van der Waals surface area contributed by atoms with Crippen LogP contribution in [0.5, 0.6) is 0 Å². The summed E-state index contributed by atoms with van der Waals surface area (Å²) in [5.41, 5.74) is 2.35. The zero-order chi connectivity index (χ0) is 16.2. The summed E-state index contributed by atoms with van der Waals surface area (Å²) in [7, 11) is 0. The van der Waals surface area contributed by atoms with Crippen molar-refractivity contribution in [1.82, 2.24) is 14.0 Å². The van der Waals surface area contributed by atoms with Crippen LogP contribution in [0.3, 0.4) is 0 Å². The molecule has 6 nitrogen and oxygen atoms in total. The van der Waals surface area contributed by atoms with Gasteiger partial charge in [0.2, 0.25) is 5.62 Å². The molecule has 124 valence electrons. The maximum Gasteiger partial charge on any atom is 0.305 e. The van der Waals surface area contributed by atoms with E-state index < -0.39 is 5.97 Å². The Kier molecular flexibility index (Phi) is 4.81. The maximum atomic E-state index is 10.9. The number of aryl methyl sites for hydroxylation is 1. The number of nitrogens with zero attached hydrogens (tertiary/aromatic N) is 3. The highest BCUT2D eigenvalue weighted by atomic mass is 16.4. The molecule has 0 unspecified atom stereocenters. The van der Waals surface area contributed by atoms with Crippen molar-refractivity contribution < 1.29 is 9.90 Å². The van der Waals surface area contributed by atoms with Crippen LogP contribution >= 0.6 is 0 Å². The number of likely N-dealkylation sites (tertiary alicyclic amines) is 1. The number of nitrogens with one attached hydrogen (secondary N) is 1. The molecule has 2 N–H and O–H groups in total. The van der Waals surface area contributed by atoms with E-state index in [4.69, 9.17) is 10.5 Å². The van der Waals surface area contributed by atoms with Gasteiger partial charge in [0.25, 0.3) is 0 Å². The normalized spacial score (nSPS) is 16.0. The zero-order valence-electron chi connectivity index (χ0n) is 13.4. The highest BCUT2D eigenvalue weighted by Crippen LogP contribution is 2.14. The largest absolute Gasteiger partial charge is 0.481 e. The van der Waals surface area contributed by atoms with Crippen LogP contribution in [0, 0.1) is 5.41 Å². The number of benzene rings is 1. The molecule has 0 saturated carbocycles. The Morgan fingerprint density at radius 3 is 2.22 bits per heavy atom. The van der Waals surface area contributed by atoms with E-state index in [0.717, 1.165) is 37.2 Å². The van der Waals surface area contributed by atoms with Gasteiger partial charge in [-0.1, -0.05) is 18.6 Å². The SMILES string of the molecule is N=c1n(CCC(=O)O)c2ccccc2n1CCN1CCCCC1. The van der Waals surface area contributed by atoms with Crippen molar-refractivity contribution in [3.05, 3.63) is 29.9 Å². The van der Waals surface area contributed by atoms with E-state index in [0.29, 0.717) is 12.2 Å². The van der Waals surface area contributed by atoms with Gasteiger partial charge in [0, 0.05) is 19.6 Å². The standard InChI is InChI=1S/C17H24N4O2/c18-17-20(11-8-16(22)23)14-6-2-3-7-15(14)21(17)13-12-19-9-4-1-5-10-19/h2-3,6-7,18H,1,4-5,8-13H2,(H,22,23). The Morgan fingerprint density at radius 1 is 1.00 bits per heavy atom. The summed E-state index contributed by atoms with van der Waals surface area (Å²) in [5.74, 6) is -0.831. The number of aliphatic carboxylic acids is 1. The van der Waals surface area contributed by atoms with Crippen LogP contribution in [-0.2, 0) is 17.9 Å². The van der Waals surface area contributed by atoms with Crippen molar-refractivity contribution in [2.24, 2.45) is 0 Å². The van der Waals surface area contributed by atoms with Crippen molar-refractivity contribution in [2.45, 2.75) is 38.8 Å². The molecule has 1 aliphatic rings. The molecule has 0 amide bonds. The van der Waals surface area contributed by atoms with Gasteiger partial charge < -0.3 is 19.1 Å². The fraction of sp³-hybridized carbons (Fsp3) is 0.529. The number of rotatable bonds is 6. The van der Waals surface area contributed by atoms with E-state index in [2.05, 4.69) is 4.90 Å². The highest BCUT2D eigenvalue weighted by Gasteiger charge is 2.14. The van der Waals surface area contributed by atoms with E-state index in [1.807, 2.05) is 28.8 Å². The second kappa shape index (κ2) is 7.00. The first-order valence-electron chi connectivity index (χ1n) is 8.33. The van der Waals surface area contributed by atoms with Gasteiger partial charge in [0.15, 0.2) is 0 Å². The Labute approximate surface area is 135 Å². The molecule has 6 heteroatoms. The van der Waals surface area contributed by atoms with Gasteiger partial charge in [-0.3, -0.25) is 10.2 Å². The predicted octanol–water partition coefficient (Wildman–Crippen LogP) is 1.88. The molecule has 0 atom stereocenters. The number of fused-ring (bicyclic) bond motifs is 1.